The Morgan fingerprint density at radius 3 is 1.20 bits per heavy atom. The summed E-state index contributed by atoms with van der Waals surface area (Å²) in [4.78, 5) is 11.5. The topological polar surface area (TPSA) is 13.0 Å². The van der Waals surface area contributed by atoms with E-state index in [9.17, 15) is 0 Å². The highest BCUT2D eigenvalue weighted by atomic mass is 15.3. The predicted octanol–water partition coefficient (Wildman–Crippen LogP) is 9.92. The van der Waals surface area contributed by atoms with Crippen molar-refractivity contribution < 1.29 is 0 Å². The van der Waals surface area contributed by atoms with Gasteiger partial charge in [0.1, 0.15) is 0 Å². The third kappa shape index (κ3) is 8.18. The summed E-state index contributed by atoms with van der Waals surface area (Å²) in [6.07, 6.45) is 12.8. The molecule has 4 saturated heterocycles. The van der Waals surface area contributed by atoms with Crippen LogP contribution < -0.4 is 0 Å². The fraction of sp³-hybridized carbons (Fsp3) is 1.00. The first-order chi connectivity index (χ1) is 22.4. The Morgan fingerprint density at radius 2 is 0.755 bits per heavy atom. The van der Waals surface area contributed by atoms with Crippen LogP contribution in [0.5, 0.6) is 0 Å². The molecule has 6 aliphatic rings. The molecular weight excluding hydrogens is 597 g/mol. The van der Waals surface area contributed by atoms with Crippen LogP contribution in [0, 0.1) is 58.2 Å². The second-order valence-corrected chi connectivity index (χ2v) is 23.8. The third-order valence-electron chi connectivity index (χ3n) is 16.7. The Hall–Kier alpha value is -0.160. The van der Waals surface area contributed by atoms with Crippen molar-refractivity contribution in [2.45, 2.75) is 177 Å². The maximum Gasteiger partial charge on any atom is 0.0153 e. The summed E-state index contributed by atoms with van der Waals surface area (Å²) in [5.74, 6) is 7.31. The van der Waals surface area contributed by atoms with E-state index in [1.165, 1.54) is 110 Å². The van der Waals surface area contributed by atoms with Gasteiger partial charge in [0.25, 0.3) is 0 Å². The summed E-state index contributed by atoms with van der Waals surface area (Å²) in [7, 11) is 0. The normalized spacial score (nSPS) is 37.1. The highest BCUT2D eigenvalue weighted by molar-refractivity contribution is 5.04. The molecule has 6 fully saturated rings. The number of hydrogen-bond donors (Lipinski definition) is 0. The quantitative estimate of drug-likeness (QED) is 0.240. The van der Waals surface area contributed by atoms with Gasteiger partial charge in [-0.25, -0.2) is 0 Å². The summed E-state index contributed by atoms with van der Waals surface area (Å²) in [6, 6.07) is 0. The Bertz CT molecular complexity index is 1110. The Kier molecular flexibility index (Phi) is 10.5. The van der Waals surface area contributed by atoms with E-state index in [0.717, 1.165) is 47.3 Å². The van der Waals surface area contributed by atoms with Crippen molar-refractivity contribution in [1.82, 2.24) is 19.6 Å². The van der Waals surface area contributed by atoms with Crippen LogP contribution in [0.1, 0.15) is 155 Å². The van der Waals surface area contributed by atoms with Crippen molar-refractivity contribution in [3.63, 3.8) is 0 Å². The molecule has 4 heteroatoms. The largest absolute Gasteiger partial charge is 0.298 e. The van der Waals surface area contributed by atoms with Gasteiger partial charge in [-0.2, -0.15) is 0 Å². The monoisotopic (exact) mass is 681 g/mol. The van der Waals surface area contributed by atoms with E-state index in [1.54, 1.807) is 0 Å². The molecule has 0 radical (unpaired) electrons. The van der Waals surface area contributed by atoms with Crippen molar-refractivity contribution >= 4 is 0 Å². The third-order valence-corrected chi connectivity index (χ3v) is 16.7. The molecule has 4 heterocycles. The van der Waals surface area contributed by atoms with Gasteiger partial charge in [0.2, 0.25) is 0 Å². The van der Waals surface area contributed by atoms with Crippen molar-refractivity contribution in [2.24, 2.45) is 58.2 Å². The van der Waals surface area contributed by atoms with Gasteiger partial charge in [0.05, 0.1) is 0 Å². The van der Waals surface area contributed by atoms with Crippen molar-refractivity contribution in [3.05, 3.63) is 0 Å². The van der Waals surface area contributed by atoms with Gasteiger partial charge in [0.15, 0.2) is 0 Å². The SMILES string of the molecule is CC(C)(C)C1CC2CN(C(C)(C)CCC(C)(CCC(C)(C)N3CCC4CN(C(C)(C)C)CC4C3)C3CC4CN(C(C)(C)C)CC4C3)CC2C1. The van der Waals surface area contributed by atoms with Crippen LogP contribution in [-0.4, -0.2) is 94.1 Å². The van der Waals surface area contributed by atoms with Gasteiger partial charge in [0, 0.05) is 68.0 Å². The molecule has 0 N–H and O–H groups in total. The molecule has 4 aliphatic heterocycles. The number of piperidine rings is 1. The van der Waals surface area contributed by atoms with Gasteiger partial charge in [-0.15, -0.1) is 0 Å². The first-order valence-electron chi connectivity index (χ1n) is 21.4. The van der Waals surface area contributed by atoms with Crippen LogP contribution in [0.3, 0.4) is 0 Å². The summed E-state index contributed by atoms with van der Waals surface area (Å²) in [5.41, 5.74) is 2.12. The summed E-state index contributed by atoms with van der Waals surface area (Å²) < 4.78 is 0. The fourth-order valence-corrected chi connectivity index (χ4v) is 12.2. The highest BCUT2D eigenvalue weighted by Crippen LogP contribution is 2.55. The van der Waals surface area contributed by atoms with Gasteiger partial charge in [-0.3, -0.25) is 19.6 Å². The minimum absolute atomic E-state index is 0.282. The van der Waals surface area contributed by atoms with E-state index in [4.69, 9.17) is 0 Å². The average Bonchev–Trinajstić information content (AvgIpc) is 3.78. The minimum atomic E-state index is 0.282. The van der Waals surface area contributed by atoms with Gasteiger partial charge in [-0.05, 0) is 192 Å². The molecule has 0 spiro atoms. The first kappa shape index (κ1) is 38.6. The minimum Gasteiger partial charge on any atom is -0.298 e. The van der Waals surface area contributed by atoms with Crippen LogP contribution in [0.15, 0.2) is 0 Å². The van der Waals surface area contributed by atoms with Crippen LogP contribution in [0.25, 0.3) is 0 Å². The summed E-state index contributed by atoms with van der Waals surface area (Å²) in [6.45, 7) is 45.9. The van der Waals surface area contributed by atoms with Crippen LogP contribution in [-0.2, 0) is 0 Å². The zero-order valence-electron chi connectivity index (χ0n) is 35.4. The van der Waals surface area contributed by atoms with E-state index in [-0.39, 0.29) is 5.54 Å². The van der Waals surface area contributed by atoms with Gasteiger partial charge in [-0.1, -0.05) is 27.7 Å². The van der Waals surface area contributed by atoms with Crippen molar-refractivity contribution in [3.8, 4) is 0 Å². The van der Waals surface area contributed by atoms with Crippen LogP contribution in [0.2, 0.25) is 0 Å². The number of fused-ring (bicyclic) bond motifs is 3. The molecule has 4 nitrogen and oxygen atoms in total. The number of rotatable bonds is 9. The molecular formula is C45H84N4. The van der Waals surface area contributed by atoms with Crippen molar-refractivity contribution in [1.29, 1.82) is 0 Å². The molecule has 0 aromatic rings. The Balaban J connectivity index is 1.11. The average molecular weight is 681 g/mol. The maximum absolute atomic E-state index is 2.96. The van der Waals surface area contributed by atoms with Crippen LogP contribution in [0.4, 0.5) is 0 Å². The first-order valence-corrected chi connectivity index (χ1v) is 21.4. The molecule has 284 valence electrons. The molecule has 7 atom stereocenters. The molecule has 2 aliphatic carbocycles. The molecule has 0 aromatic heterocycles. The lowest BCUT2D eigenvalue weighted by atomic mass is 9.66. The summed E-state index contributed by atoms with van der Waals surface area (Å²) in [5, 5.41) is 0. The molecule has 2 saturated carbocycles. The molecule has 7 unspecified atom stereocenters. The van der Waals surface area contributed by atoms with Gasteiger partial charge >= 0.3 is 0 Å². The maximum atomic E-state index is 2.96. The van der Waals surface area contributed by atoms with E-state index in [0.29, 0.717) is 27.4 Å². The predicted molar refractivity (Wildman–Crippen MR) is 211 cm³/mol. The lowest BCUT2D eigenvalue weighted by Gasteiger charge is -2.48. The van der Waals surface area contributed by atoms with E-state index in [2.05, 4.69) is 117 Å². The molecule has 0 bridgehead atoms. The molecule has 0 amide bonds. The van der Waals surface area contributed by atoms with Crippen LogP contribution >= 0.6 is 0 Å². The number of hydrogen-bond acceptors (Lipinski definition) is 4. The molecule has 49 heavy (non-hydrogen) atoms. The Morgan fingerprint density at radius 1 is 0.388 bits per heavy atom. The molecule has 0 aromatic carbocycles. The fourth-order valence-electron chi connectivity index (χ4n) is 12.2. The zero-order valence-corrected chi connectivity index (χ0v) is 35.4. The lowest BCUT2D eigenvalue weighted by Crippen LogP contribution is -2.52. The molecule has 6 rings (SSSR count). The van der Waals surface area contributed by atoms with Gasteiger partial charge < -0.3 is 0 Å². The second-order valence-electron chi connectivity index (χ2n) is 23.8. The smallest absolute Gasteiger partial charge is 0.0153 e. The van der Waals surface area contributed by atoms with E-state index in [1.807, 2.05) is 0 Å². The zero-order chi connectivity index (χ0) is 35.9. The number of likely N-dealkylation sites (tertiary alicyclic amines) is 4. The van der Waals surface area contributed by atoms with Crippen molar-refractivity contribution in [2.75, 3.05) is 52.4 Å². The van der Waals surface area contributed by atoms with E-state index >= 15 is 0 Å². The highest BCUT2D eigenvalue weighted by Gasteiger charge is 2.51. The van der Waals surface area contributed by atoms with E-state index < -0.39 is 0 Å². The number of nitrogens with zero attached hydrogens (tertiary/aromatic N) is 4. The lowest BCUT2D eigenvalue weighted by molar-refractivity contribution is 0.0230. The standard InChI is InChI=1S/C45H84N4/c1-40(2,3)38-21-33-28-49(29-34(33)22-38)44(12,13)17-19-45(14,39-23-35-26-48(42(7,8)9)27-36(35)24-39)18-16-43(10,11)46-20-15-32-25-47(41(4,5)6)31-37(32)30-46/h32-39H,15-31H2,1-14H3. The summed E-state index contributed by atoms with van der Waals surface area (Å²) >= 11 is 0. The Labute approximate surface area is 306 Å². The second kappa shape index (κ2) is 13.3.